The zero-order chi connectivity index (χ0) is 17.7. The zero-order valence-electron chi connectivity index (χ0n) is 14.4. The Kier molecular flexibility index (Phi) is 6.10. The van der Waals surface area contributed by atoms with E-state index in [1.165, 1.54) is 6.26 Å². The van der Waals surface area contributed by atoms with Crippen LogP contribution in [0.5, 0.6) is 5.75 Å². The van der Waals surface area contributed by atoms with Gasteiger partial charge in [-0.05, 0) is 43.1 Å². The molecular formula is C17H24BrN3O3. The molecule has 1 aliphatic rings. The van der Waals surface area contributed by atoms with Gasteiger partial charge in [0.15, 0.2) is 5.75 Å². The molecule has 0 saturated carbocycles. The third-order valence-corrected chi connectivity index (χ3v) is 4.11. The number of halogens is 1. The highest BCUT2D eigenvalue weighted by atomic mass is 79.9. The van der Waals surface area contributed by atoms with E-state index in [0.717, 1.165) is 25.2 Å². The highest BCUT2D eigenvalue weighted by Crippen LogP contribution is 2.28. The van der Waals surface area contributed by atoms with Gasteiger partial charge in [-0.3, -0.25) is 0 Å². The van der Waals surface area contributed by atoms with E-state index >= 15 is 0 Å². The minimum Gasteiger partial charge on any atom is -0.463 e. The third-order valence-electron chi connectivity index (χ3n) is 3.52. The number of anilines is 1. The fraction of sp³-hybridized carbons (Fsp3) is 0.529. The summed E-state index contributed by atoms with van der Waals surface area (Å²) in [5, 5.41) is 0. The molecule has 0 bridgehead atoms. The number of hydrogen-bond acceptors (Lipinski definition) is 5. The van der Waals surface area contributed by atoms with E-state index in [4.69, 9.17) is 9.47 Å². The predicted molar refractivity (Wildman–Crippen MR) is 97.4 cm³/mol. The Labute approximate surface area is 151 Å². The van der Waals surface area contributed by atoms with Gasteiger partial charge in [-0.2, -0.15) is 0 Å². The molecule has 1 amide bonds. The van der Waals surface area contributed by atoms with Crippen LogP contribution in [0.25, 0.3) is 0 Å². The molecule has 0 radical (unpaired) electrons. The van der Waals surface area contributed by atoms with Gasteiger partial charge in [0.05, 0.1) is 18.1 Å². The molecule has 0 unspecified atom stereocenters. The summed E-state index contributed by atoms with van der Waals surface area (Å²) < 4.78 is 11.5. The normalized spacial score (nSPS) is 15.7. The maximum atomic E-state index is 12.2. The Morgan fingerprint density at radius 2 is 2.08 bits per heavy atom. The standard InChI is InChI=1S/C17H24BrN3O3/c1-5-23-14-11-13(12-19-15(14)18)20-7-6-8-21(10-9-20)16(22)24-17(2,3)4/h5,11-12H,1,6-10H2,2-4H3. The van der Waals surface area contributed by atoms with Gasteiger partial charge < -0.3 is 19.3 Å². The van der Waals surface area contributed by atoms with Gasteiger partial charge >= 0.3 is 6.09 Å². The van der Waals surface area contributed by atoms with Crippen LogP contribution in [-0.2, 0) is 4.74 Å². The van der Waals surface area contributed by atoms with Crippen LogP contribution in [0, 0.1) is 0 Å². The largest absolute Gasteiger partial charge is 0.463 e. The first kappa shape index (κ1) is 18.6. The summed E-state index contributed by atoms with van der Waals surface area (Å²) >= 11 is 3.36. The van der Waals surface area contributed by atoms with Crippen molar-refractivity contribution in [3.63, 3.8) is 0 Å². The molecule has 0 N–H and O–H groups in total. The molecule has 1 aliphatic heterocycles. The Morgan fingerprint density at radius 1 is 1.33 bits per heavy atom. The first-order valence-electron chi connectivity index (χ1n) is 7.96. The van der Waals surface area contributed by atoms with E-state index in [1.807, 2.05) is 26.8 Å². The van der Waals surface area contributed by atoms with Crippen LogP contribution in [0.15, 0.2) is 29.7 Å². The molecule has 0 aromatic carbocycles. The molecule has 2 heterocycles. The molecule has 0 spiro atoms. The van der Waals surface area contributed by atoms with E-state index < -0.39 is 5.60 Å². The molecule has 1 fully saturated rings. The van der Waals surface area contributed by atoms with E-state index in [-0.39, 0.29) is 6.09 Å². The molecule has 7 heteroatoms. The summed E-state index contributed by atoms with van der Waals surface area (Å²) in [5.41, 5.74) is 0.483. The highest BCUT2D eigenvalue weighted by Gasteiger charge is 2.24. The van der Waals surface area contributed by atoms with Gasteiger partial charge in [-0.25, -0.2) is 9.78 Å². The number of rotatable bonds is 3. The Morgan fingerprint density at radius 3 is 2.75 bits per heavy atom. The number of nitrogens with zero attached hydrogens (tertiary/aromatic N) is 3. The summed E-state index contributed by atoms with van der Waals surface area (Å²) in [5.74, 6) is 0.621. The lowest BCUT2D eigenvalue weighted by Crippen LogP contribution is -2.39. The topological polar surface area (TPSA) is 54.9 Å². The number of ether oxygens (including phenoxy) is 2. The Hall–Kier alpha value is -1.76. The monoisotopic (exact) mass is 397 g/mol. The summed E-state index contributed by atoms with van der Waals surface area (Å²) in [7, 11) is 0. The number of aromatic nitrogens is 1. The molecule has 1 aromatic rings. The smallest absolute Gasteiger partial charge is 0.410 e. The Balaban J connectivity index is 2.04. The van der Waals surface area contributed by atoms with Gasteiger partial charge in [0.2, 0.25) is 0 Å². The lowest BCUT2D eigenvalue weighted by atomic mass is 10.2. The fourth-order valence-electron chi connectivity index (χ4n) is 2.45. The molecule has 1 saturated heterocycles. The van der Waals surface area contributed by atoms with Crippen molar-refractivity contribution in [2.75, 3.05) is 31.1 Å². The number of pyridine rings is 1. The molecule has 24 heavy (non-hydrogen) atoms. The van der Waals surface area contributed by atoms with Crippen molar-refractivity contribution in [3.05, 3.63) is 29.7 Å². The van der Waals surface area contributed by atoms with Gasteiger partial charge in [-0.1, -0.05) is 6.58 Å². The number of hydrogen-bond donors (Lipinski definition) is 0. The molecule has 132 valence electrons. The van der Waals surface area contributed by atoms with E-state index in [0.29, 0.717) is 23.4 Å². The summed E-state index contributed by atoms with van der Waals surface area (Å²) in [6.07, 6.45) is 3.78. The molecule has 0 atom stereocenters. The molecule has 0 aliphatic carbocycles. The minimum atomic E-state index is -0.477. The van der Waals surface area contributed by atoms with Crippen molar-refractivity contribution < 1.29 is 14.3 Å². The zero-order valence-corrected chi connectivity index (χ0v) is 16.0. The summed E-state index contributed by atoms with van der Waals surface area (Å²) in [4.78, 5) is 20.5. The number of carbonyl (C=O) groups is 1. The first-order valence-corrected chi connectivity index (χ1v) is 8.75. The summed E-state index contributed by atoms with van der Waals surface area (Å²) in [6.45, 7) is 12.1. The molecular weight excluding hydrogens is 374 g/mol. The van der Waals surface area contributed by atoms with E-state index in [2.05, 4.69) is 32.4 Å². The van der Waals surface area contributed by atoms with Crippen LogP contribution in [0.1, 0.15) is 27.2 Å². The van der Waals surface area contributed by atoms with E-state index in [9.17, 15) is 4.79 Å². The van der Waals surface area contributed by atoms with Gasteiger partial charge in [-0.15, -0.1) is 0 Å². The van der Waals surface area contributed by atoms with Gasteiger partial charge in [0, 0.05) is 32.2 Å². The highest BCUT2D eigenvalue weighted by molar-refractivity contribution is 9.10. The molecule has 6 nitrogen and oxygen atoms in total. The minimum absolute atomic E-state index is 0.256. The lowest BCUT2D eigenvalue weighted by Gasteiger charge is -2.27. The second-order valence-corrected chi connectivity index (χ2v) is 7.33. The van der Waals surface area contributed by atoms with Crippen molar-refractivity contribution in [1.29, 1.82) is 0 Å². The van der Waals surface area contributed by atoms with Crippen LogP contribution >= 0.6 is 15.9 Å². The molecule has 1 aromatic heterocycles. The Bertz CT molecular complexity index is 601. The summed E-state index contributed by atoms with van der Waals surface area (Å²) in [6, 6.07) is 1.92. The van der Waals surface area contributed by atoms with Crippen LogP contribution in [0.2, 0.25) is 0 Å². The average molecular weight is 398 g/mol. The fourth-order valence-corrected chi connectivity index (χ4v) is 2.76. The van der Waals surface area contributed by atoms with Gasteiger partial charge in [0.25, 0.3) is 0 Å². The van der Waals surface area contributed by atoms with Crippen molar-refractivity contribution in [2.24, 2.45) is 0 Å². The lowest BCUT2D eigenvalue weighted by molar-refractivity contribution is 0.0263. The SMILES string of the molecule is C=COc1cc(N2CCCN(C(=O)OC(C)(C)C)CC2)cnc1Br. The number of amides is 1. The maximum Gasteiger partial charge on any atom is 0.410 e. The third kappa shape index (κ3) is 5.12. The van der Waals surface area contributed by atoms with Crippen LogP contribution in [-0.4, -0.2) is 47.8 Å². The van der Waals surface area contributed by atoms with Crippen LogP contribution in [0.3, 0.4) is 0 Å². The first-order chi connectivity index (χ1) is 11.3. The van der Waals surface area contributed by atoms with Crippen LogP contribution < -0.4 is 9.64 Å². The quantitative estimate of drug-likeness (QED) is 0.573. The number of carbonyl (C=O) groups excluding carboxylic acids is 1. The van der Waals surface area contributed by atoms with Crippen molar-refractivity contribution in [3.8, 4) is 5.75 Å². The maximum absolute atomic E-state index is 12.2. The van der Waals surface area contributed by atoms with Gasteiger partial charge in [0.1, 0.15) is 10.2 Å². The van der Waals surface area contributed by atoms with E-state index in [1.54, 1.807) is 11.1 Å². The van der Waals surface area contributed by atoms with Crippen molar-refractivity contribution in [2.45, 2.75) is 32.8 Å². The predicted octanol–water partition coefficient (Wildman–Crippen LogP) is 3.81. The second kappa shape index (κ2) is 7.88. The average Bonchev–Trinajstić information content (AvgIpc) is 2.74. The van der Waals surface area contributed by atoms with Crippen LogP contribution in [0.4, 0.5) is 10.5 Å². The van der Waals surface area contributed by atoms with Crippen molar-refractivity contribution in [1.82, 2.24) is 9.88 Å². The van der Waals surface area contributed by atoms with Crippen molar-refractivity contribution >= 4 is 27.7 Å². The second-order valence-electron chi connectivity index (χ2n) is 6.57. The molecule has 2 rings (SSSR count).